The quantitative estimate of drug-likeness (QED) is 0.532. The number of thioether (sulfide) groups is 1. The van der Waals surface area contributed by atoms with Crippen LogP contribution in [0.2, 0.25) is 5.02 Å². The zero-order valence-electron chi connectivity index (χ0n) is 15.5. The van der Waals surface area contributed by atoms with Crippen molar-refractivity contribution in [2.75, 3.05) is 24.6 Å². The lowest BCUT2D eigenvalue weighted by atomic mass is 10.1. The number of amides is 1. The Bertz CT molecular complexity index is 1110. The summed E-state index contributed by atoms with van der Waals surface area (Å²) in [7, 11) is -3.38. The van der Waals surface area contributed by atoms with E-state index in [0.29, 0.717) is 23.6 Å². The second-order valence-corrected chi connectivity index (χ2v) is 11.7. The van der Waals surface area contributed by atoms with Crippen LogP contribution < -0.4 is 0 Å². The minimum absolute atomic E-state index is 0.0551. The van der Waals surface area contributed by atoms with Gasteiger partial charge in [0.2, 0.25) is 5.91 Å². The number of nitrogens with zero attached hydrogens (tertiary/aromatic N) is 2. The molecule has 1 saturated heterocycles. The van der Waals surface area contributed by atoms with Crippen LogP contribution >= 0.6 is 34.7 Å². The van der Waals surface area contributed by atoms with Gasteiger partial charge in [-0.1, -0.05) is 53.7 Å². The maximum absolute atomic E-state index is 12.8. The van der Waals surface area contributed by atoms with E-state index in [9.17, 15) is 13.2 Å². The van der Waals surface area contributed by atoms with Crippen molar-refractivity contribution in [3.05, 3.63) is 59.1 Å². The Morgan fingerprint density at radius 2 is 1.93 bits per heavy atom. The number of hydrogen-bond donors (Lipinski definition) is 0. The molecule has 1 atom stereocenters. The number of carbonyl (C=O) groups is 1. The number of sulfone groups is 1. The van der Waals surface area contributed by atoms with Gasteiger partial charge < -0.3 is 4.90 Å². The maximum Gasteiger partial charge on any atom is 0.233 e. The molecule has 0 saturated carbocycles. The monoisotopic (exact) mass is 466 g/mol. The van der Waals surface area contributed by atoms with Gasteiger partial charge in [-0.2, -0.15) is 0 Å². The molecule has 152 valence electrons. The molecule has 1 fully saturated rings. The number of halogens is 1. The van der Waals surface area contributed by atoms with E-state index in [1.54, 1.807) is 40.5 Å². The van der Waals surface area contributed by atoms with Gasteiger partial charge in [0.15, 0.2) is 14.2 Å². The summed E-state index contributed by atoms with van der Waals surface area (Å²) >= 11 is 9.19. The molecular weight excluding hydrogens is 448 g/mol. The molecule has 4 rings (SSSR count). The van der Waals surface area contributed by atoms with Crippen LogP contribution in [0.1, 0.15) is 17.2 Å². The largest absolute Gasteiger partial charge is 0.341 e. The molecule has 2 heterocycles. The topological polar surface area (TPSA) is 67.3 Å². The number of benzene rings is 2. The van der Waals surface area contributed by atoms with Crippen molar-refractivity contribution in [1.29, 1.82) is 0 Å². The van der Waals surface area contributed by atoms with Crippen molar-refractivity contribution in [3.8, 4) is 0 Å². The molecule has 1 unspecified atom stereocenters. The minimum atomic E-state index is -3.38. The molecule has 1 aromatic heterocycles. The molecule has 0 N–H and O–H groups in total. The third kappa shape index (κ3) is 4.60. The molecular formula is C20H19ClN2O3S3. The van der Waals surface area contributed by atoms with Gasteiger partial charge in [0.1, 0.15) is 0 Å². The van der Waals surface area contributed by atoms with E-state index < -0.39 is 15.1 Å². The van der Waals surface area contributed by atoms with Gasteiger partial charge in [0.25, 0.3) is 0 Å². The maximum atomic E-state index is 12.8. The van der Waals surface area contributed by atoms with E-state index in [1.165, 1.54) is 11.8 Å². The fraction of sp³-hybridized carbons (Fsp3) is 0.300. The molecule has 9 heteroatoms. The van der Waals surface area contributed by atoms with Gasteiger partial charge in [0.05, 0.1) is 27.0 Å². The summed E-state index contributed by atoms with van der Waals surface area (Å²) in [5.41, 5.74) is 1.54. The standard InChI is InChI=1S/C20H19ClN2O3S3/c21-15-6-2-1-5-14(15)18-9-10-23(11-12-29(18,25)26)19(24)13-27-20-22-16-7-3-4-8-17(16)28-20/h1-8,18H,9-13H2. The number of carbonyl (C=O) groups excluding carboxylic acids is 1. The van der Waals surface area contributed by atoms with Crippen LogP contribution in [0, 0.1) is 0 Å². The highest BCUT2D eigenvalue weighted by molar-refractivity contribution is 8.01. The van der Waals surface area contributed by atoms with Crippen LogP contribution in [0.5, 0.6) is 0 Å². The van der Waals surface area contributed by atoms with Gasteiger partial charge in [-0.05, 0) is 30.2 Å². The Kier molecular flexibility index (Phi) is 6.15. The average Bonchev–Trinajstić information content (AvgIpc) is 3.05. The zero-order valence-corrected chi connectivity index (χ0v) is 18.7. The molecule has 1 amide bonds. The Balaban J connectivity index is 1.43. The van der Waals surface area contributed by atoms with Gasteiger partial charge in [0, 0.05) is 18.1 Å². The fourth-order valence-corrected chi connectivity index (χ4v) is 7.53. The van der Waals surface area contributed by atoms with Crippen molar-refractivity contribution in [2.24, 2.45) is 0 Å². The highest BCUT2D eigenvalue weighted by atomic mass is 35.5. The summed E-state index contributed by atoms with van der Waals surface area (Å²) in [5.74, 6) is 0.126. The summed E-state index contributed by atoms with van der Waals surface area (Å²) in [4.78, 5) is 18.9. The van der Waals surface area contributed by atoms with Gasteiger partial charge in [-0.15, -0.1) is 11.3 Å². The van der Waals surface area contributed by atoms with E-state index in [2.05, 4.69) is 4.98 Å². The Labute approximate surface area is 183 Å². The van der Waals surface area contributed by atoms with E-state index in [-0.39, 0.29) is 24.0 Å². The van der Waals surface area contributed by atoms with Crippen LogP contribution in [0.15, 0.2) is 52.9 Å². The molecule has 0 aliphatic carbocycles. The normalized spacial score (nSPS) is 19.2. The molecule has 29 heavy (non-hydrogen) atoms. The molecule has 0 spiro atoms. The smallest absolute Gasteiger partial charge is 0.233 e. The number of thiazole rings is 1. The lowest BCUT2D eigenvalue weighted by molar-refractivity contribution is -0.128. The van der Waals surface area contributed by atoms with E-state index >= 15 is 0 Å². The lowest BCUT2D eigenvalue weighted by Gasteiger charge is -2.19. The molecule has 0 radical (unpaired) electrons. The van der Waals surface area contributed by atoms with Gasteiger partial charge in [-0.3, -0.25) is 4.79 Å². The van der Waals surface area contributed by atoms with Gasteiger partial charge in [-0.25, -0.2) is 13.4 Å². The second kappa shape index (κ2) is 8.63. The molecule has 1 aliphatic rings. The van der Waals surface area contributed by atoms with Crippen LogP contribution in [0.4, 0.5) is 0 Å². The van der Waals surface area contributed by atoms with Crippen LogP contribution in [0.3, 0.4) is 0 Å². The first-order valence-electron chi connectivity index (χ1n) is 9.16. The predicted octanol–water partition coefficient (Wildman–Crippen LogP) is 4.43. The molecule has 5 nitrogen and oxygen atoms in total. The number of aromatic nitrogens is 1. The van der Waals surface area contributed by atoms with Crippen LogP contribution in [-0.2, 0) is 14.6 Å². The summed E-state index contributed by atoms with van der Waals surface area (Å²) in [6.45, 7) is 0.608. The Morgan fingerprint density at radius 3 is 2.72 bits per heavy atom. The SMILES string of the molecule is O=C(CSc1nc2ccccc2s1)N1CCC(c2ccccc2Cl)S(=O)(=O)CC1. The summed E-state index contributed by atoms with van der Waals surface area (Å²) in [6, 6.07) is 14.9. The minimum Gasteiger partial charge on any atom is -0.341 e. The van der Waals surface area contributed by atoms with Crippen LogP contribution in [0.25, 0.3) is 10.2 Å². The van der Waals surface area contributed by atoms with E-state index in [1.807, 2.05) is 24.3 Å². The van der Waals surface area contributed by atoms with Crippen molar-refractivity contribution in [3.63, 3.8) is 0 Å². The van der Waals surface area contributed by atoms with Crippen molar-refractivity contribution < 1.29 is 13.2 Å². The van der Waals surface area contributed by atoms with E-state index in [4.69, 9.17) is 11.6 Å². The van der Waals surface area contributed by atoms with Crippen molar-refractivity contribution >= 4 is 60.7 Å². The number of rotatable bonds is 4. The summed E-state index contributed by atoms with van der Waals surface area (Å²) in [6.07, 6.45) is 0.351. The number of hydrogen-bond acceptors (Lipinski definition) is 6. The molecule has 1 aliphatic heterocycles. The third-order valence-corrected chi connectivity index (χ3v) is 9.56. The highest BCUT2D eigenvalue weighted by Gasteiger charge is 2.33. The molecule has 3 aromatic rings. The Morgan fingerprint density at radius 1 is 1.17 bits per heavy atom. The lowest BCUT2D eigenvalue weighted by Crippen LogP contribution is -2.34. The first-order chi connectivity index (χ1) is 13.9. The second-order valence-electron chi connectivity index (χ2n) is 6.78. The zero-order chi connectivity index (χ0) is 20.4. The van der Waals surface area contributed by atoms with E-state index in [0.717, 1.165) is 14.6 Å². The molecule has 2 aromatic carbocycles. The van der Waals surface area contributed by atoms with Crippen molar-refractivity contribution in [1.82, 2.24) is 9.88 Å². The number of fused-ring (bicyclic) bond motifs is 1. The summed E-state index contributed by atoms with van der Waals surface area (Å²) in [5, 5.41) is -0.224. The van der Waals surface area contributed by atoms with Crippen molar-refractivity contribution in [2.45, 2.75) is 16.0 Å². The summed E-state index contributed by atoms with van der Waals surface area (Å²) < 4.78 is 27.5. The van der Waals surface area contributed by atoms with Gasteiger partial charge >= 0.3 is 0 Å². The highest BCUT2D eigenvalue weighted by Crippen LogP contribution is 2.34. The predicted molar refractivity (Wildman–Crippen MR) is 120 cm³/mol. The fourth-order valence-electron chi connectivity index (χ4n) is 3.41. The van der Waals surface area contributed by atoms with Crippen LogP contribution in [-0.4, -0.2) is 48.8 Å². The Hall–Kier alpha value is -1.61. The first kappa shape index (κ1) is 20.7. The first-order valence-corrected chi connectivity index (χ1v) is 13.1. The molecule has 0 bridgehead atoms. The average molecular weight is 467 g/mol. The number of para-hydroxylation sites is 1. The third-order valence-electron chi connectivity index (χ3n) is 4.94.